The molecule has 0 spiro atoms. The van der Waals surface area contributed by atoms with E-state index in [0.717, 1.165) is 23.9 Å². The molecule has 1 aromatic heterocycles. The molecule has 1 aromatic carbocycles. The lowest BCUT2D eigenvalue weighted by Gasteiger charge is -2.29. The third-order valence-corrected chi connectivity index (χ3v) is 3.74. The van der Waals surface area contributed by atoms with Gasteiger partial charge < -0.3 is 16.8 Å². The van der Waals surface area contributed by atoms with E-state index in [1.807, 2.05) is 24.3 Å². The van der Waals surface area contributed by atoms with Crippen LogP contribution in [-0.2, 0) is 0 Å². The minimum absolute atomic E-state index is 0.168. The number of nitrogens with two attached hydrogens (primary N) is 2. The van der Waals surface area contributed by atoms with Crippen LogP contribution in [0.4, 0.5) is 11.6 Å². The van der Waals surface area contributed by atoms with Gasteiger partial charge in [-0.2, -0.15) is 0 Å². The number of rotatable bonds is 2. The van der Waals surface area contributed by atoms with Gasteiger partial charge in [0.15, 0.2) is 11.6 Å². The highest BCUT2D eigenvalue weighted by Gasteiger charge is 2.22. The van der Waals surface area contributed by atoms with Crippen LogP contribution in [0.1, 0.15) is 25.7 Å². The molecule has 5 N–H and O–H groups in total. The number of para-hydroxylation sites is 2. The van der Waals surface area contributed by atoms with Crippen molar-refractivity contribution in [3.05, 3.63) is 24.3 Å². The molecule has 2 aromatic rings. The van der Waals surface area contributed by atoms with Gasteiger partial charge in [0.05, 0.1) is 11.0 Å². The van der Waals surface area contributed by atoms with Crippen molar-refractivity contribution in [1.82, 2.24) is 9.97 Å². The molecule has 100 valence electrons. The second-order valence-corrected chi connectivity index (χ2v) is 5.15. The molecule has 2 atom stereocenters. The van der Waals surface area contributed by atoms with E-state index in [9.17, 15) is 0 Å². The van der Waals surface area contributed by atoms with E-state index >= 15 is 0 Å². The third kappa shape index (κ3) is 2.46. The SMILES string of the molecule is Nc1nc2ccccc2nc1NC1CCCCC1N. The zero-order chi connectivity index (χ0) is 13.2. The molecule has 0 aliphatic heterocycles. The summed E-state index contributed by atoms with van der Waals surface area (Å²) in [5.74, 6) is 1.09. The zero-order valence-electron chi connectivity index (χ0n) is 10.8. The van der Waals surface area contributed by atoms with Crippen LogP contribution in [0, 0.1) is 0 Å². The van der Waals surface area contributed by atoms with Crippen LogP contribution in [0.15, 0.2) is 24.3 Å². The molecule has 1 aliphatic carbocycles. The minimum atomic E-state index is 0.168. The van der Waals surface area contributed by atoms with Crippen molar-refractivity contribution < 1.29 is 0 Å². The molecule has 1 aliphatic rings. The second-order valence-electron chi connectivity index (χ2n) is 5.15. The highest BCUT2D eigenvalue weighted by atomic mass is 15.1. The Labute approximate surface area is 112 Å². The van der Waals surface area contributed by atoms with Crippen molar-refractivity contribution in [2.75, 3.05) is 11.1 Å². The number of nitrogen functional groups attached to an aromatic ring is 1. The monoisotopic (exact) mass is 257 g/mol. The Morgan fingerprint density at radius 3 is 2.47 bits per heavy atom. The van der Waals surface area contributed by atoms with Gasteiger partial charge in [0, 0.05) is 12.1 Å². The fourth-order valence-electron chi connectivity index (χ4n) is 2.63. The molecular weight excluding hydrogens is 238 g/mol. The summed E-state index contributed by atoms with van der Waals surface area (Å²) in [6.07, 6.45) is 4.53. The Morgan fingerprint density at radius 2 is 1.74 bits per heavy atom. The summed E-state index contributed by atoms with van der Waals surface area (Å²) >= 11 is 0. The average molecular weight is 257 g/mol. The van der Waals surface area contributed by atoms with E-state index in [1.165, 1.54) is 12.8 Å². The Balaban J connectivity index is 1.89. The first-order valence-corrected chi connectivity index (χ1v) is 6.78. The summed E-state index contributed by atoms with van der Waals surface area (Å²) < 4.78 is 0. The Morgan fingerprint density at radius 1 is 1.05 bits per heavy atom. The van der Waals surface area contributed by atoms with Gasteiger partial charge in [0.2, 0.25) is 0 Å². The fourth-order valence-corrected chi connectivity index (χ4v) is 2.63. The Bertz CT molecular complexity index is 583. The Hall–Kier alpha value is -1.88. The normalized spacial score (nSPS) is 23.4. The van der Waals surface area contributed by atoms with E-state index in [1.54, 1.807) is 0 Å². The van der Waals surface area contributed by atoms with Crippen LogP contribution >= 0.6 is 0 Å². The molecule has 1 saturated carbocycles. The number of benzene rings is 1. The first kappa shape index (κ1) is 12.2. The molecule has 1 fully saturated rings. The number of fused-ring (bicyclic) bond motifs is 1. The lowest BCUT2D eigenvalue weighted by Crippen LogP contribution is -2.42. The minimum Gasteiger partial charge on any atom is -0.381 e. The maximum absolute atomic E-state index is 6.14. The van der Waals surface area contributed by atoms with E-state index < -0.39 is 0 Å². The predicted molar refractivity (Wildman–Crippen MR) is 77.8 cm³/mol. The van der Waals surface area contributed by atoms with Crippen LogP contribution in [0.3, 0.4) is 0 Å². The van der Waals surface area contributed by atoms with Crippen molar-refractivity contribution in [1.29, 1.82) is 0 Å². The second kappa shape index (κ2) is 5.01. The number of anilines is 2. The van der Waals surface area contributed by atoms with E-state index in [4.69, 9.17) is 11.5 Å². The van der Waals surface area contributed by atoms with Gasteiger partial charge in [0.1, 0.15) is 0 Å². The maximum atomic E-state index is 6.14. The largest absolute Gasteiger partial charge is 0.381 e. The van der Waals surface area contributed by atoms with Crippen molar-refractivity contribution in [3.8, 4) is 0 Å². The number of nitrogens with zero attached hydrogens (tertiary/aromatic N) is 2. The topological polar surface area (TPSA) is 89.8 Å². The van der Waals surface area contributed by atoms with Crippen LogP contribution in [0.25, 0.3) is 11.0 Å². The van der Waals surface area contributed by atoms with Crippen molar-refractivity contribution in [2.24, 2.45) is 5.73 Å². The van der Waals surface area contributed by atoms with Gasteiger partial charge in [-0.3, -0.25) is 0 Å². The lowest BCUT2D eigenvalue weighted by molar-refractivity contribution is 0.403. The first-order chi connectivity index (χ1) is 9.24. The van der Waals surface area contributed by atoms with Gasteiger partial charge >= 0.3 is 0 Å². The number of hydrogen-bond acceptors (Lipinski definition) is 5. The van der Waals surface area contributed by atoms with Gasteiger partial charge in [0.25, 0.3) is 0 Å². The molecule has 5 heteroatoms. The predicted octanol–water partition coefficient (Wildman–Crippen LogP) is 1.89. The zero-order valence-corrected chi connectivity index (χ0v) is 10.8. The van der Waals surface area contributed by atoms with Gasteiger partial charge in [-0.25, -0.2) is 9.97 Å². The summed E-state index contributed by atoms with van der Waals surface area (Å²) in [6, 6.07) is 8.14. The highest BCUT2D eigenvalue weighted by Crippen LogP contribution is 2.24. The number of hydrogen-bond donors (Lipinski definition) is 3. The summed E-state index contributed by atoms with van der Waals surface area (Å²) in [5, 5.41) is 3.37. The van der Waals surface area contributed by atoms with Gasteiger partial charge in [-0.05, 0) is 25.0 Å². The fraction of sp³-hybridized carbons (Fsp3) is 0.429. The van der Waals surface area contributed by atoms with Crippen molar-refractivity contribution >= 4 is 22.7 Å². The number of aromatic nitrogens is 2. The van der Waals surface area contributed by atoms with Crippen molar-refractivity contribution in [2.45, 2.75) is 37.8 Å². The van der Waals surface area contributed by atoms with Gasteiger partial charge in [-0.15, -0.1) is 0 Å². The molecule has 0 saturated heterocycles. The Kier molecular flexibility index (Phi) is 3.21. The van der Waals surface area contributed by atoms with Crippen LogP contribution in [0.5, 0.6) is 0 Å². The molecule has 3 rings (SSSR count). The first-order valence-electron chi connectivity index (χ1n) is 6.78. The standard InChI is InChI=1S/C14H19N5/c15-9-5-1-2-6-10(9)18-14-13(16)17-11-7-3-4-8-12(11)19-14/h3-4,7-10H,1-2,5-6,15H2,(H2,16,17)(H,18,19). The smallest absolute Gasteiger partial charge is 0.169 e. The van der Waals surface area contributed by atoms with E-state index in [0.29, 0.717) is 11.6 Å². The summed E-state index contributed by atoms with van der Waals surface area (Å²) in [4.78, 5) is 8.93. The van der Waals surface area contributed by atoms with Crippen LogP contribution in [0.2, 0.25) is 0 Å². The third-order valence-electron chi connectivity index (χ3n) is 3.74. The number of nitrogens with one attached hydrogen (secondary N) is 1. The quantitative estimate of drug-likeness (QED) is 0.764. The lowest BCUT2D eigenvalue weighted by atomic mass is 9.91. The van der Waals surface area contributed by atoms with Crippen LogP contribution in [-0.4, -0.2) is 22.1 Å². The molecule has 0 radical (unpaired) electrons. The van der Waals surface area contributed by atoms with Crippen molar-refractivity contribution in [3.63, 3.8) is 0 Å². The summed E-state index contributed by atoms with van der Waals surface area (Å²) in [7, 11) is 0. The van der Waals surface area contributed by atoms with Gasteiger partial charge in [-0.1, -0.05) is 25.0 Å². The van der Waals surface area contributed by atoms with E-state index in [-0.39, 0.29) is 12.1 Å². The molecule has 5 nitrogen and oxygen atoms in total. The molecule has 0 bridgehead atoms. The molecule has 0 amide bonds. The molecule has 2 unspecified atom stereocenters. The maximum Gasteiger partial charge on any atom is 0.169 e. The molecular formula is C14H19N5. The summed E-state index contributed by atoms with van der Waals surface area (Å²) in [5.41, 5.74) is 13.8. The molecule has 1 heterocycles. The van der Waals surface area contributed by atoms with Crippen LogP contribution < -0.4 is 16.8 Å². The average Bonchev–Trinajstić information content (AvgIpc) is 2.42. The highest BCUT2D eigenvalue weighted by molar-refractivity contribution is 5.79. The van der Waals surface area contributed by atoms with E-state index in [2.05, 4.69) is 15.3 Å². The molecule has 19 heavy (non-hydrogen) atoms. The summed E-state index contributed by atoms with van der Waals surface area (Å²) in [6.45, 7) is 0.